The molecule has 1 amide bonds. The molecule has 5 nitrogen and oxygen atoms in total. The van der Waals surface area contributed by atoms with E-state index in [4.69, 9.17) is 0 Å². The quantitative estimate of drug-likeness (QED) is 0.383. The van der Waals surface area contributed by atoms with Crippen molar-refractivity contribution in [3.63, 3.8) is 0 Å². The zero-order valence-electron chi connectivity index (χ0n) is 12.8. The van der Waals surface area contributed by atoms with Crippen LogP contribution >= 0.6 is 11.8 Å². The van der Waals surface area contributed by atoms with Crippen molar-refractivity contribution < 1.29 is 4.79 Å². The molecule has 0 aromatic heterocycles. The van der Waals surface area contributed by atoms with Gasteiger partial charge in [-0.2, -0.15) is 11.8 Å². The van der Waals surface area contributed by atoms with Gasteiger partial charge < -0.3 is 15.5 Å². The van der Waals surface area contributed by atoms with Crippen LogP contribution in [0.3, 0.4) is 0 Å². The first-order chi connectivity index (χ1) is 9.77. The molecule has 0 saturated carbocycles. The number of carbonyl (C=O) groups excluding carboxylic acids is 1. The number of nitrogens with zero attached hydrogens (tertiary/aromatic N) is 2. The molecular weight excluding hydrogens is 272 g/mol. The Morgan fingerprint density at radius 3 is 2.90 bits per heavy atom. The van der Waals surface area contributed by atoms with Gasteiger partial charge in [0.1, 0.15) is 0 Å². The average molecular weight is 300 g/mol. The Bertz CT molecular complexity index is 310. The van der Waals surface area contributed by atoms with Gasteiger partial charge in [-0.15, -0.1) is 0 Å². The van der Waals surface area contributed by atoms with Crippen LogP contribution in [0.2, 0.25) is 0 Å². The number of rotatable bonds is 9. The maximum absolute atomic E-state index is 11.5. The van der Waals surface area contributed by atoms with Gasteiger partial charge in [0.15, 0.2) is 5.96 Å². The summed E-state index contributed by atoms with van der Waals surface area (Å²) in [7, 11) is 0. The van der Waals surface area contributed by atoms with Crippen molar-refractivity contribution in [3.05, 3.63) is 0 Å². The second-order valence-corrected chi connectivity index (χ2v) is 5.86. The number of nitrogens with one attached hydrogen (secondary N) is 2. The van der Waals surface area contributed by atoms with E-state index in [1.807, 2.05) is 16.7 Å². The zero-order chi connectivity index (χ0) is 14.6. The van der Waals surface area contributed by atoms with E-state index in [0.717, 1.165) is 64.4 Å². The van der Waals surface area contributed by atoms with Crippen molar-refractivity contribution in [3.8, 4) is 0 Å². The summed E-state index contributed by atoms with van der Waals surface area (Å²) < 4.78 is 0. The SMILES string of the molecule is CCNC(=NCCCN1CCCC1=O)NCCCSC. The standard InChI is InChI=1S/C14H28N4OS/c1-3-15-14(17-9-6-12-20-2)16-8-5-11-18-10-4-7-13(18)19/h3-12H2,1-2H3,(H2,15,16,17). The molecule has 1 heterocycles. The topological polar surface area (TPSA) is 56.7 Å². The average Bonchev–Trinajstić information content (AvgIpc) is 2.85. The van der Waals surface area contributed by atoms with Gasteiger partial charge in [-0.3, -0.25) is 9.79 Å². The molecule has 116 valence electrons. The minimum absolute atomic E-state index is 0.302. The maximum atomic E-state index is 11.5. The third-order valence-electron chi connectivity index (χ3n) is 3.19. The number of carbonyl (C=O) groups is 1. The van der Waals surface area contributed by atoms with Gasteiger partial charge in [-0.1, -0.05) is 0 Å². The van der Waals surface area contributed by atoms with Crippen molar-refractivity contribution in [2.24, 2.45) is 4.99 Å². The highest BCUT2D eigenvalue weighted by Crippen LogP contribution is 2.09. The molecule has 1 fully saturated rings. The molecule has 1 aliphatic rings. The fraction of sp³-hybridized carbons (Fsp3) is 0.857. The summed E-state index contributed by atoms with van der Waals surface area (Å²) in [6, 6.07) is 0. The molecule has 2 N–H and O–H groups in total. The number of aliphatic imine (C=N–C) groups is 1. The van der Waals surface area contributed by atoms with Crippen molar-refractivity contribution in [2.45, 2.75) is 32.6 Å². The summed E-state index contributed by atoms with van der Waals surface area (Å²) >= 11 is 1.86. The molecule has 0 radical (unpaired) electrons. The van der Waals surface area contributed by atoms with Crippen LogP contribution in [0.5, 0.6) is 0 Å². The smallest absolute Gasteiger partial charge is 0.222 e. The molecule has 0 aliphatic carbocycles. The lowest BCUT2D eigenvalue weighted by atomic mass is 10.4. The van der Waals surface area contributed by atoms with E-state index < -0.39 is 0 Å². The molecule has 6 heteroatoms. The second kappa shape index (κ2) is 10.8. The Morgan fingerprint density at radius 1 is 1.40 bits per heavy atom. The molecule has 0 spiro atoms. The molecule has 0 bridgehead atoms. The van der Waals surface area contributed by atoms with E-state index in [2.05, 4.69) is 28.8 Å². The van der Waals surface area contributed by atoms with Crippen molar-refractivity contribution >= 4 is 23.6 Å². The van der Waals surface area contributed by atoms with Crippen molar-refractivity contribution in [1.29, 1.82) is 0 Å². The summed E-state index contributed by atoms with van der Waals surface area (Å²) in [5.74, 6) is 2.36. The fourth-order valence-electron chi connectivity index (χ4n) is 2.16. The summed E-state index contributed by atoms with van der Waals surface area (Å²) in [6.45, 7) is 6.43. The number of likely N-dealkylation sites (tertiary alicyclic amines) is 1. The number of hydrogen-bond donors (Lipinski definition) is 2. The molecule has 20 heavy (non-hydrogen) atoms. The first-order valence-corrected chi connectivity index (χ1v) is 8.96. The summed E-state index contributed by atoms with van der Waals surface area (Å²) in [4.78, 5) is 18.0. The molecule has 1 rings (SSSR count). The van der Waals surface area contributed by atoms with Crippen molar-refractivity contribution in [1.82, 2.24) is 15.5 Å². The third-order valence-corrected chi connectivity index (χ3v) is 3.89. The summed E-state index contributed by atoms with van der Waals surface area (Å²) in [5.41, 5.74) is 0. The lowest BCUT2D eigenvalue weighted by Gasteiger charge is -2.15. The van der Waals surface area contributed by atoms with E-state index in [-0.39, 0.29) is 0 Å². The van der Waals surface area contributed by atoms with E-state index in [9.17, 15) is 4.79 Å². The Hall–Kier alpha value is -0.910. The number of hydrogen-bond acceptors (Lipinski definition) is 3. The van der Waals surface area contributed by atoms with Crippen LogP contribution in [0.1, 0.15) is 32.6 Å². The van der Waals surface area contributed by atoms with E-state index >= 15 is 0 Å². The van der Waals surface area contributed by atoms with Crippen molar-refractivity contribution in [2.75, 3.05) is 44.7 Å². The van der Waals surface area contributed by atoms with Crippen LogP contribution < -0.4 is 10.6 Å². The van der Waals surface area contributed by atoms with Gasteiger partial charge >= 0.3 is 0 Å². The number of amides is 1. The summed E-state index contributed by atoms with van der Waals surface area (Å²) in [5, 5.41) is 6.59. The Balaban J connectivity index is 2.18. The minimum Gasteiger partial charge on any atom is -0.357 e. The normalized spacial score (nSPS) is 15.8. The third kappa shape index (κ3) is 7.03. The zero-order valence-corrected chi connectivity index (χ0v) is 13.6. The van der Waals surface area contributed by atoms with Crippen LogP contribution in [0, 0.1) is 0 Å². The highest BCUT2D eigenvalue weighted by molar-refractivity contribution is 7.98. The van der Waals surface area contributed by atoms with Gasteiger partial charge in [0, 0.05) is 39.1 Å². The van der Waals surface area contributed by atoms with E-state index in [1.54, 1.807) is 0 Å². The van der Waals surface area contributed by atoms with Crippen LogP contribution in [-0.2, 0) is 4.79 Å². The van der Waals surface area contributed by atoms with Crippen LogP contribution in [0.4, 0.5) is 0 Å². The lowest BCUT2D eigenvalue weighted by molar-refractivity contribution is -0.127. The minimum atomic E-state index is 0.302. The number of thioether (sulfide) groups is 1. The molecule has 1 saturated heterocycles. The molecule has 0 unspecified atom stereocenters. The van der Waals surface area contributed by atoms with Gasteiger partial charge in [0.05, 0.1) is 0 Å². The van der Waals surface area contributed by atoms with E-state index in [0.29, 0.717) is 5.91 Å². The fourth-order valence-corrected chi connectivity index (χ4v) is 2.59. The van der Waals surface area contributed by atoms with Crippen LogP contribution in [0.25, 0.3) is 0 Å². The van der Waals surface area contributed by atoms with Gasteiger partial charge in [-0.05, 0) is 38.2 Å². The molecule has 0 aromatic rings. The van der Waals surface area contributed by atoms with Gasteiger partial charge in [0.2, 0.25) is 5.91 Å². The second-order valence-electron chi connectivity index (χ2n) is 4.87. The molecular formula is C14H28N4OS. The first kappa shape index (κ1) is 17.1. The lowest BCUT2D eigenvalue weighted by Crippen LogP contribution is -2.38. The predicted molar refractivity (Wildman–Crippen MR) is 87.4 cm³/mol. The first-order valence-electron chi connectivity index (χ1n) is 7.56. The van der Waals surface area contributed by atoms with Crippen LogP contribution in [0.15, 0.2) is 4.99 Å². The molecule has 0 aromatic carbocycles. The maximum Gasteiger partial charge on any atom is 0.222 e. The summed E-state index contributed by atoms with van der Waals surface area (Å²) in [6.07, 6.45) is 5.95. The highest BCUT2D eigenvalue weighted by atomic mass is 32.2. The predicted octanol–water partition coefficient (Wildman–Crippen LogP) is 1.31. The Morgan fingerprint density at radius 2 is 2.25 bits per heavy atom. The Kier molecular flexibility index (Phi) is 9.28. The monoisotopic (exact) mass is 300 g/mol. The van der Waals surface area contributed by atoms with Crippen LogP contribution in [-0.4, -0.2) is 61.5 Å². The molecule has 0 atom stereocenters. The highest BCUT2D eigenvalue weighted by Gasteiger charge is 2.18. The largest absolute Gasteiger partial charge is 0.357 e. The molecule has 1 aliphatic heterocycles. The van der Waals surface area contributed by atoms with Gasteiger partial charge in [-0.25, -0.2) is 0 Å². The van der Waals surface area contributed by atoms with Gasteiger partial charge in [0.25, 0.3) is 0 Å². The Labute approximate surface area is 127 Å². The van der Waals surface area contributed by atoms with E-state index in [1.165, 1.54) is 5.75 Å². The number of guanidine groups is 1.